The first-order chi connectivity index (χ1) is 9.58. The Labute approximate surface area is 123 Å². The molecule has 1 aromatic carbocycles. The van der Waals surface area contributed by atoms with Crippen LogP contribution in [0.15, 0.2) is 18.2 Å². The maximum Gasteiger partial charge on any atom is 0.125 e. The second-order valence-electron chi connectivity index (χ2n) is 6.24. The molecule has 4 heteroatoms. The van der Waals surface area contributed by atoms with Gasteiger partial charge in [-0.15, -0.1) is 11.6 Å². The smallest absolute Gasteiger partial charge is 0.125 e. The van der Waals surface area contributed by atoms with Crippen molar-refractivity contribution in [2.75, 3.05) is 0 Å². The number of rotatable bonds is 2. The summed E-state index contributed by atoms with van der Waals surface area (Å²) < 4.78 is 15.6. The molecule has 108 valence electrons. The van der Waals surface area contributed by atoms with Gasteiger partial charge in [0.05, 0.1) is 16.9 Å². The van der Waals surface area contributed by atoms with Gasteiger partial charge in [0.1, 0.15) is 11.6 Å². The highest BCUT2D eigenvalue weighted by Gasteiger charge is 2.27. The Morgan fingerprint density at radius 1 is 1.25 bits per heavy atom. The summed E-state index contributed by atoms with van der Waals surface area (Å²) in [6, 6.07) is 5.27. The minimum atomic E-state index is -0.242. The fraction of sp³-hybridized carbons (Fsp3) is 0.562. The van der Waals surface area contributed by atoms with Crippen LogP contribution in [0.4, 0.5) is 4.39 Å². The Bertz CT molecular complexity index is 612. The van der Waals surface area contributed by atoms with E-state index in [-0.39, 0.29) is 5.82 Å². The monoisotopic (exact) mass is 294 g/mol. The Morgan fingerprint density at radius 3 is 2.60 bits per heavy atom. The minimum Gasteiger partial charge on any atom is -0.324 e. The highest BCUT2D eigenvalue weighted by atomic mass is 35.5. The maximum absolute atomic E-state index is 13.4. The standard InChI is InChI=1S/C16H20ClFN2/c1-10-5-11(2)7-13(6-10)20-15-4-3-12(18)8-14(15)19-16(20)9-17/h3-4,8,10-11,13H,5-7,9H2,1-2H3. The predicted octanol–water partition coefficient (Wildman–Crippen LogP) is 4.91. The summed E-state index contributed by atoms with van der Waals surface area (Å²) in [5.41, 5.74) is 1.72. The molecule has 2 unspecified atom stereocenters. The van der Waals surface area contributed by atoms with E-state index in [2.05, 4.69) is 23.4 Å². The summed E-state index contributed by atoms with van der Waals surface area (Å²) in [4.78, 5) is 4.51. The normalized spacial score (nSPS) is 27.1. The lowest BCUT2D eigenvalue weighted by atomic mass is 9.80. The van der Waals surface area contributed by atoms with E-state index >= 15 is 0 Å². The molecule has 0 radical (unpaired) electrons. The number of nitrogens with zero attached hydrogens (tertiary/aromatic N) is 2. The van der Waals surface area contributed by atoms with Gasteiger partial charge < -0.3 is 4.57 Å². The largest absolute Gasteiger partial charge is 0.324 e. The summed E-state index contributed by atoms with van der Waals surface area (Å²) in [6.45, 7) is 4.61. The van der Waals surface area contributed by atoms with Crippen molar-refractivity contribution >= 4 is 22.6 Å². The maximum atomic E-state index is 13.4. The van der Waals surface area contributed by atoms with Crippen LogP contribution in [0.3, 0.4) is 0 Å². The van der Waals surface area contributed by atoms with E-state index in [0.29, 0.717) is 29.3 Å². The van der Waals surface area contributed by atoms with Crippen molar-refractivity contribution in [3.8, 4) is 0 Å². The van der Waals surface area contributed by atoms with Crippen LogP contribution >= 0.6 is 11.6 Å². The second-order valence-corrected chi connectivity index (χ2v) is 6.50. The number of fused-ring (bicyclic) bond motifs is 1. The summed E-state index contributed by atoms with van der Waals surface area (Å²) in [7, 11) is 0. The molecule has 2 nitrogen and oxygen atoms in total. The first-order valence-corrected chi connectivity index (χ1v) is 7.84. The molecule has 0 amide bonds. The zero-order valence-corrected chi connectivity index (χ0v) is 12.7. The van der Waals surface area contributed by atoms with Crippen LogP contribution in [-0.2, 0) is 5.88 Å². The molecule has 0 spiro atoms. The predicted molar refractivity (Wildman–Crippen MR) is 80.5 cm³/mol. The zero-order valence-electron chi connectivity index (χ0n) is 11.9. The van der Waals surface area contributed by atoms with Crippen molar-refractivity contribution in [2.24, 2.45) is 11.8 Å². The van der Waals surface area contributed by atoms with E-state index in [1.54, 1.807) is 0 Å². The van der Waals surface area contributed by atoms with Gasteiger partial charge in [-0.25, -0.2) is 9.37 Å². The zero-order chi connectivity index (χ0) is 14.3. The second kappa shape index (κ2) is 5.36. The van der Waals surface area contributed by atoms with Gasteiger partial charge in [0.25, 0.3) is 0 Å². The van der Waals surface area contributed by atoms with Crippen LogP contribution in [0.2, 0.25) is 0 Å². The van der Waals surface area contributed by atoms with Crippen molar-refractivity contribution in [1.29, 1.82) is 0 Å². The highest BCUT2D eigenvalue weighted by Crippen LogP contribution is 2.38. The summed E-state index contributed by atoms with van der Waals surface area (Å²) >= 11 is 6.06. The lowest BCUT2D eigenvalue weighted by molar-refractivity contribution is 0.222. The molecule has 3 rings (SSSR count). The first kappa shape index (κ1) is 13.9. The molecule has 0 aliphatic heterocycles. The van der Waals surface area contributed by atoms with Crippen LogP contribution < -0.4 is 0 Å². The number of halogens is 2. The Morgan fingerprint density at radius 2 is 1.95 bits per heavy atom. The third-order valence-electron chi connectivity index (χ3n) is 4.36. The van der Waals surface area contributed by atoms with E-state index in [0.717, 1.165) is 24.2 Å². The Balaban J connectivity index is 2.09. The molecule has 0 bridgehead atoms. The minimum absolute atomic E-state index is 0.242. The molecule has 20 heavy (non-hydrogen) atoms. The molecular formula is C16H20ClFN2. The van der Waals surface area contributed by atoms with Crippen LogP contribution in [-0.4, -0.2) is 9.55 Å². The molecule has 1 fully saturated rings. The van der Waals surface area contributed by atoms with Gasteiger partial charge in [-0.3, -0.25) is 0 Å². The van der Waals surface area contributed by atoms with Gasteiger partial charge in [-0.1, -0.05) is 13.8 Å². The molecule has 2 atom stereocenters. The van der Waals surface area contributed by atoms with E-state index in [4.69, 9.17) is 11.6 Å². The van der Waals surface area contributed by atoms with E-state index in [1.807, 2.05) is 6.07 Å². The Hall–Kier alpha value is -1.09. The molecule has 1 aromatic heterocycles. The summed E-state index contributed by atoms with van der Waals surface area (Å²) in [5, 5.41) is 0. The average Bonchev–Trinajstić information content (AvgIpc) is 2.74. The van der Waals surface area contributed by atoms with Crippen LogP contribution in [0.25, 0.3) is 11.0 Å². The van der Waals surface area contributed by atoms with Crippen LogP contribution in [0, 0.1) is 17.7 Å². The van der Waals surface area contributed by atoms with Crippen LogP contribution in [0.1, 0.15) is 45.0 Å². The highest BCUT2D eigenvalue weighted by molar-refractivity contribution is 6.16. The van der Waals surface area contributed by atoms with Gasteiger partial charge >= 0.3 is 0 Å². The quantitative estimate of drug-likeness (QED) is 0.720. The van der Waals surface area contributed by atoms with Gasteiger partial charge in [0.2, 0.25) is 0 Å². The molecule has 2 aromatic rings. The molecule has 0 N–H and O–H groups in total. The number of hydrogen-bond donors (Lipinski definition) is 0. The lowest BCUT2D eigenvalue weighted by Crippen LogP contribution is -2.23. The third-order valence-corrected chi connectivity index (χ3v) is 4.60. The van der Waals surface area contributed by atoms with Crippen molar-refractivity contribution in [3.63, 3.8) is 0 Å². The third kappa shape index (κ3) is 2.44. The van der Waals surface area contributed by atoms with Crippen LogP contribution in [0.5, 0.6) is 0 Å². The first-order valence-electron chi connectivity index (χ1n) is 7.30. The van der Waals surface area contributed by atoms with Gasteiger partial charge in [0.15, 0.2) is 0 Å². The van der Waals surface area contributed by atoms with E-state index in [9.17, 15) is 4.39 Å². The SMILES string of the molecule is CC1CC(C)CC(n2c(CCl)nc3cc(F)ccc32)C1. The van der Waals surface area contributed by atoms with Gasteiger partial charge in [0, 0.05) is 12.1 Å². The number of alkyl halides is 1. The van der Waals surface area contributed by atoms with Gasteiger partial charge in [-0.2, -0.15) is 0 Å². The van der Waals surface area contributed by atoms with E-state index in [1.165, 1.54) is 18.6 Å². The topological polar surface area (TPSA) is 17.8 Å². The number of imidazole rings is 1. The number of benzene rings is 1. The Kier molecular flexibility index (Phi) is 3.72. The van der Waals surface area contributed by atoms with Crippen molar-refractivity contribution < 1.29 is 4.39 Å². The molecule has 1 aliphatic rings. The summed E-state index contributed by atoms with van der Waals surface area (Å²) in [5.74, 6) is 2.41. The molecular weight excluding hydrogens is 275 g/mol. The number of hydrogen-bond acceptors (Lipinski definition) is 1. The van der Waals surface area contributed by atoms with Gasteiger partial charge in [-0.05, 0) is 43.2 Å². The molecule has 1 saturated carbocycles. The lowest BCUT2D eigenvalue weighted by Gasteiger charge is -2.33. The fourth-order valence-electron chi connectivity index (χ4n) is 3.74. The fourth-order valence-corrected chi connectivity index (χ4v) is 3.93. The molecule has 0 saturated heterocycles. The molecule has 1 heterocycles. The van der Waals surface area contributed by atoms with Crippen molar-refractivity contribution in [2.45, 2.75) is 45.0 Å². The van der Waals surface area contributed by atoms with E-state index < -0.39 is 0 Å². The van der Waals surface area contributed by atoms with Crippen molar-refractivity contribution in [1.82, 2.24) is 9.55 Å². The van der Waals surface area contributed by atoms with Crippen molar-refractivity contribution in [3.05, 3.63) is 29.8 Å². The molecule has 1 aliphatic carbocycles. The summed E-state index contributed by atoms with van der Waals surface area (Å²) in [6.07, 6.45) is 3.59. The number of aromatic nitrogens is 2. The average molecular weight is 295 g/mol.